The van der Waals surface area contributed by atoms with Crippen molar-refractivity contribution in [1.29, 1.82) is 0 Å². The van der Waals surface area contributed by atoms with Crippen LogP contribution in [0.4, 0.5) is 0 Å². The van der Waals surface area contributed by atoms with E-state index in [2.05, 4.69) is 32.2 Å². The molecule has 0 nitrogen and oxygen atoms in total. The number of rotatable bonds is 9. The summed E-state index contributed by atoms with van der Waals surface area (Å²) in [6, 6.07) is 0. The Bertz CT molecular complexity index is 119. The van der Waals surface area contributed by atoms with Crippen LogP contribution in [0.25, 0.3) is 0 Å². The number of hydrogen-bond donors (Lipinski definition) is 0. The molecular weight excluding hydrogens is 203 g/mol. The molecule has 13 heavy (non-hydrogen) atoms. The van der Waals surface area contributed by atoms with Crippen molar-refractivity contribution in [3.8, 4) is 0 Å². The Morgan fingerprint density at radius 2 is 1.62 bits per heavy atom. The molecule has 0 amide bonds. The van der Waals surface area contributed by atoms with Crippen molar-refractivity contribution < 1.29 is 13.4 Å². The first-order chi connectivity index (χ1) is 6.35. The molecule has 0 spiro atoms. The van der Waals surface area contributed by atoms with Gasteiger partial charge in [0.05, 0.1) is 0 Å². The molecule has 0 radical (unpaired) electrons. The topological polar surface area (TPSA) is 0 Å². The normalized spacial score (nSPS) is 11.0. The standard InChI is InChI=1S/C6H13.2C3H5.Ni/c1-3-5-6-4-2;2*1-3-2;/h1,3-6H2,2H3;2*3H,1-2H2;. The molecule has 0 atom stereocenters. The summed E-state index contributed by atoms with van der Waals surface area (Å²) in [5, 5.41) is 3.77. The van der Waals surface area contributed by atoms with Crippen LogP contribution in [0.1, 0.15) is 32.6 Å². The molecule has 0 N–H and O–H groups in total. The van der Waals surface area contributed by atoms with Gasteiger partial charge in [-0.2, -0.15) is 0 Å². The van der Waals surface area contributed by atoms with Crippen molar-refractivity contribution >= 4 is 0 Å². The van der Waals surface area contributed by atoms with Crippen LogP contribution < -0.4 is 0 Å². The van der Waals surface area contributed by atoms with Crippen LogP contribution in [0.5, 0.6) is 0 Å². The third-order valence-electron chi connectivity index (χ3n) is 1.74. The van der Waals surface area contributed by atoms with Gasteiger partial charge in [0.1, 0.15) is 0 Å². The van der Waals surface area contributed by atoms with E-state index in [-0.39, 0.29) is 0 Å². The van der Waals surface area contributed by atoms with Crippen LogP contribution >= 0.6 is 0 Å². The van der Waals surface area contributed by atoms with Crippen molar-refractivity contribution in [3.63, 3.8) is 0 Å². The molecule has 0 bridgehead atoms. The minimum absolute atomic E-state index is 0.405. The van der Waals surface area contributed by atoms with Gasteiger partial charge in [-0.25, -0.2) is 0 Å². The summed E-state index contributed by atoms with van der Waals surface area (Å²) in [6.07, 6.45) is 9.62. The second kappa shape index (κ2) is 10.1. The zero-order chi connectivity index (χ0) is 9.94. The summed E-state index contributed by atoms with van der Waals surface area (Å²) in [7, 11) is 0. The zero-order valence-electron chi connectivity index (χ0n) is 8.83. The fourth-order valence-electron chi connectivity index (χ4n) is 1.10. The van der Waals surface area contributed by atoms with Gasteiger partial charge in [0.2, 0.25) is 0 Å². The molecule has 0 aromatic heterocycles. The Kier molecular flexibility index (Phi) is 10.0. The predicted molar refractivity (Wildman–Crippen MR) is 59.0 cm³/mol. The zero-order valence-corrected chi connectivity index (χ0v) is 9.82. The fourth-order valence-corrected chi connectivity index (χ4v) is 3.22. The van der Waals surface area contributed by atoms with E-state index in [1.165, 1.54) is 41.9 Å². The van der Waals surface area contributed by atoms with Crippen molar-refractivity contribution in [1.82, 2.24) is 0 Å². The molecule has 0 saturated carbocycles. The molecule has 0 aromatic carbocycles. The monoisotopic (exact) mass is 225 g/mol. The van der Waals surface area contributed by atoms with Gasteiger partial charge in [-0.05, 0) is 0 Å². The molecule has 0 heterocycles. The van der Waals surface area contributed by atoms with Crippen LogP contribution in [-0.4, -0.2) is 0 Å². The maximum atomic E-state index is 3.80. The fraction of sp³-hybridized carbons (Fsp3) is 0.667. The average molecular weight is 226 g/mol. The molecule has 0 aliphatic carbocycles. The Morgan fingerprint density at radius 3 is 2.08 bits per heavy atom. The molecular formula is C12H23Ni. The predicted octanol–water partition coefficient (Wildman–Crippen LogP) is 4.81. The van der Waals surface area contributed by atoms with Gasteiger partial charge < -0.3 is 0 Å². The Hall–Kier alpha value is -0.0265. The van der Waals surface area contributed by atoms with E-state index < -0.39 is 0 Å². The third-order valence-corrected chi connectivity index (χ3v) is 4.49. The van der Waals surface area contributed by atoms with Gasteiger partial charge in [-0.15, -0.1) is 0 Å². The molecule has 0 unspecified atom stereocenters. The van der Waals surface area contributed by atoms with Crippen molar-refractivity contribution in [3.05, 3.63) is 25.3 Å². The van der Waals surface area contributed by atoms with Crippen LogP contribution in [0.3, 0.4) is 0 Å². The van der Waals surface area contributed by atoms with Crippen molar-refractivity contribution in [2.24, 2.45) is 0 Å². The first-order valence-electron chi connectivity index (χ1n) is 5.01. The number of unbranched alkanes of at least 4 members (excludes halogenated alkanes) is 3. The van der Waals surface area contributed by atoms with E-state index in [1.807, 2.05) is 0 Å². The van der Waals surface area contributed by atoms with Gasteiger partial charge in [-0.3, -0.25) is 0 Å². The molecule has 0 fully saturated rings. The average Bonchev–Trinajstić information content (AvgIpc) is 2.13. The molecule has 0 saturated heterocycles. The molecule has 81 valence electrons. The summed E-state index contributed by atoms with van der Waals surface area (Å²) in [5.41, 5.74) is 0. The van der Waals surface area contributed by atoms with Gasteiger partial charge in [0.25, 0.3) is 0 Å². The second-order valence-corrected chi connectivity index (χ2v) is 5.81. The van der Waals surface area contributed by atoms with E-state index in [0.29, 0.717) is 13.4 Å². The molecule has 0 aliphatic heterocycles. The first-order valence-corrected chi connectivity index (χ1v) is 7.11. The quantitative estimate of drug-likeness (QED) is 0.300. The van der Waals surface area contributed by atoms with E-state index in [0.717, 1.165) is 0 Å². The Balaban J connectivity index is 3.43. The van der Waals surface area contributed by atoms with Crippen LogP contribution in [0, 0.1) is 0 Å². The third kappa shape index (κ3) is 8.31. The van der Waals surface area contributed by atoms with Gasteiger partial charge in [0.15, 0.2) is 0 Å². The summed E-state index contributed by atoms with van der Waals surface area (Å²) >= 11 is 0.405. The van der Waals surface area contributed by atoms with Crippen LogP contribution in [0.2, 0.25) is 16.2 Å². The summed E-state index contributed by atoms with van der Waals surface area (Å²) in [4.78, 5) is 0. The number of hydrogen-bond acceptors (Lipinski definition) is 0. The summed E-state index contributed by atoms with van der Waals surface area (Å²) < 4.78 is 0. The SMILES string of the molecule is C=C[CH2][Ni]([CH2]C=C)[CH2]CCCCC. The molecule has 0 aliphatic rings. The maximum absolute atomic E-state index is 3.80. The first kappa shape index (κ1) is 13.0. The van der Waals surface area contributed by atoms with E-state index in [9.17, 15) is 0 Å². The van der Waals surface area contributed by atoms with Gasteiger partial charge in [0, 0.05) is 0 Å². The van der Waals surface area contributed by atoms with Crippen LogP contribution in [-0.2, 0) is 13.4 Å². The molecule has 1 heteroatoms. The Labute approximate surface area is 87.8 Å². The van der Waals surface area contributed by atoms with Crippen molar-refractivity contribution in [2.45, 2.75) is 48.8 Å². The van der Waals surface area contributed by atoms with E-state index in [1.54, 1.807) is 0 Å². The Morgan fingerprint density at radius 1 is 1.00 bits per heavy atom. The van der Waals surface area contributed by atoms with Gasteiger partial charge in [-0.1, -0.05) is 0 Å². The summed E-state index contributed by atoms with van der Waals surface area (Å²) in [6.45, 7) is 9.86. The van der Waals surface area contributed by atoms with Crippen LogP contribution in [0.15, 0.2) is 25.3 Å². The summed E-state index contributed by atoms with van der Waals surface area (Å²) in [5.74, 6) is 0. The van der Waals surface area contributed by atoms with Crippen molar-refractivity contribution in [2.75, 3.05) is 0 Å². The van der Waals surface area contributed by atoms with Gasteiger partial charge >= 0.3 is 87.5 Å². The van der Waals surface area contributed by atoms with E-state index >= 15 is 0 Å². The number of allylic oxidation sites excluding steroid dienone is 2. The minimum atomic E-state index is 0.405. The second-order valence-electron chi connectivity index (χ2n) is 3.03. The molecule has 0 aromatic rings. The molecule has 0 rings (SSSR count). The van der Waals surface area contributed by atoms with E-state index in [4.69, 9.17) is 0 Å².